The minimum Gasteiger partial charge on any atom is -0.364 e. The van der Waals surface area contributed by atoms with E-state index in [4.69, 9.17) is 0 Å². The van der Waals surface area contributed by atoms with Crippen molar-refractivity contribution >= 4 is 39.6 Å². The molecule has 4 heterocycles. The van der Waals surface area contributed by atoms with Gasteiger partial charge in [-0.3, -0.25) is 14.5 Å². The molecule has 0 N–H and O–H groups in total. The number of imide groups is 1. The van der Waals surface area contributed by atoms with E-state index in [-0.39, 0.29) is 11.8 Å². The minimum atomic E-state index is -0.165. The molecule has 0 radical (unpaired) electrons. The Hall–Kier alpha value is -2.90. The van der Waals surface area contributed by atoms with E-state index >= 15 is 0 Å². The smallest absolute Gasteiger partial charge is 0.277 e. The second-order valence-electron chi connectivity index (χ2n) is 8.29. The van der Waals surface area contributed by atoms with E-state index < -0.39 is 0 Å². The maximum atomic E-state index is 13.5. The predicted molar refractivity (Wildman–Crippen MR) is 124 cm³/mol. The second kappa shape index (κ2) is 7.98. The first-order chi connectivity index (χ1) is 15.0. The largest absolute Gasteiger partial charge is 0.364 e. The van der Waals surface area contributed by atoms with Crippen molar-refractivity contribution in [3.63, 3.8) is 0 Å². The number of benzene rings is 1. The molecule has 1 saturated heterocycles. The number of carbonyl (C=O) groups excluding carboxylic acids is 2. The third kappa shape index (κ3) is 3.47. The van der Waals surface area contributed by atoms with Crippen LogP contribution in [0, 0.1) is 0 Å². The molecule has 1 aromatic carbocycles. The molecule has 6 nitrogen and oxygen atoms in total. The van der Waals surface area contributed by atoms with Gasteiger partial charge < -0.3 is 14.4 Å². The fraction of sp³-hybridized carbons (Fsp3) is 0.333. The lowest BCUT2D eigenvalue weighted by Crippen LogP contribution is -2.46. The van der Waals surface area contributed by atoms with Crippen LogP contribution in [-0.4, -0.2) is 70.9 Å². The van der Waals surface area contributed by atoms with Crippen molar-refractivity contribution in [1.29, 1.82) is 0 Å². The van der Waals surface area contributed by atoms with Gasteiger partial charge in [-0.2, -0.15) is 0 Å². The fourth-order valence-corrected chi connectivity index (χ4v) is 5.35. The van der Waals surface area contributed by atoms with Gasteiger partial charge in [0.1, 0.15) is 5.70 Å². The Morgan fingerprint density at radius 3 is 2.45 bits per heavy atom. The zero-order valence-corrected chi connectivity index (χ0v) is 18.7. The number of hydrogen-bond donors (Lipinski definition) is 0. The molecule has 2 amide bonds. The van der Waals surface area contributed by atoms with Crippen molar-refractivity contribution in [3.05, 3.63) is 64.1 Å². The molecule has 0 bridgehead atoms. The summed E-state index contributed by atoms with van der Waals surface area (Å²) in [5, 5.41) is 3.13. The van der Waals surface area contributed by atoms with E-state index in [0.29, 0.717) is 24.2 Å². The van der Waals surface area contributed by atoms with E-state index in [1.54, 1.807) is 0 Å². The van der Waals surface area contributed by atoms with Gasteiger partial charge in [-0.05, 0) is 36.5 Å². The zero-order valence-electron chi connectivity index (χ0n) is 17.9. The summed E-state index contributed by atoms with van der Waals surface area (Å²) in [5.74, 6) is -0.320. The molecule has 1 fully saturated rings. The van der Waals surface area contributed by atoms with E-state index in [1.807, 2.05) is 36.7 Å². The van der Waals surface area contributed by atoms with Crippen LogP contribution >= 0.6 is 11.3 Å². The molecule has 2 aliphatic heterocycles. The monoisotopic (exact) mass is 434 g/mol. The summed E-state index contributed by atoms with van der Waals surface area (Å²) in [5.41, 5.74) is 3.47. The molecule has 160 valence electrons. The van der Waals surface area contributed by atoms with Crippen LogP contribution in [0.25, 0.3) is 16.5 Å². The molecular formula is C24H26N4O2S. The van der Waals surface area contributed by atoms with E-state index in [2.05, 4.69) is 39.7 Å². The number of aromatic nitrogens is 1. The summed E-state index contributed by atoms with van der Waals surface area (Å²) < 4.78 is 2.10. The number of para-hydroxylation sites is 1. The van der Waals surface area contributed by atoms with Gasteiger partial charge >= 0.3 is 0 Å². The minimum absolute atomic E-state index is 0.154. The number of rotatable bonds is 5. The molecular weight excluding hydrogens is 408 g/mol. The summed E-state index contributed by atoms with van der Waals surface area (Å²) in [7, 11) is 4.12. The van der Waals surface area contributed by atoms with Crippen molar-refractivity contribution in [1.82, 2.24) is 19.3 Å². The molecule has 2 aromatic heterocycles. The van der Waals surface area contributed by atoms with Crippen molar-refractivity contribution in [3.8, 4) is 0 Å². The molecule has 7 heteroatoms. The molecule has 2 aliphatic rings. The highest BCUT2D eigenvalue weighted by molar-refractivity contribution is 7.11. The number of piperazine rings is 1. The highest BCUT2D eigenvalue weighted by Gasteiger charge is 2.42. The van der Waals surface area contributed by atoms with Gasteiger partial charge in [0.15, 0.2) is 0 Å². The average Bonchev–Trinajstić information content (AvgIpc) is 3.46. The van der Waals surface area contributed by atoms with Crippen LogP contribution in [0.4, 0.5) is 0 Å². The number of likely N-dealkylation sites (N-methyl/N-ethyl adjacent to an activating group) is 1. The van der Waals surface area contributed by atoms with Crippen LogP contribution in [0.1, 0.15) is 10.4 Å². The molecule has 0 saturated carbocycles. The molecule has 0 aliphatic carbocycles. The summed E-state index contributed by atoms with van der Waals surface area (Å²) in [6.45, 7) is 3.68. The number of thiophene rings is 1. The van der Waals surface area contributed by atoms with E-state index in [0.717, 1.165) is 42.1 Å². The number of nitrogens with zero attached hydrogens (tertiary/aromatic N) is 4. The molecule has 0 spiro atoms. The van der Waals surface area contributed by atoms with Gasteiger partial charge in [0.2, 0.25) is 0 Å². The van der Waals surface area contributed by atoms with Gasteiger partial charge in [0.05, 0.1) is 5.57 Å². The Kier molecular flexibility index (Phi) is 5.16. The number of carbonyl (C=O) groups is 2. The molecule has 31 heavy (non-hydrogen) atoms. The van der Waals surface area contributed by atoms with Crippen LogP contribution in [0.5, 0.6) is 0 Å². The van der Waals surface area contributed by atoms with E-state index in [9.17, 15) is 9.59 Å². The summed E-state index contributed by atoms with van der Waals surface area (Å²) in [6.07, 6.45) is 2.75. The van der Waals surface area contributed by atoms with Gasteiger partial charge in [0.25, 0.3) is 11.8 Å². The lowest BCUT2D eigenvalue weighted by atomic mass is 10.1. The Morgan fingerprint density at radius 1 is 0.935 bits per heavy atom. The molecule has 3 aromatic rings. The van der Waals surface area contributed by atoms with Crippen LogP contribution in [-0.2, 0) is 23.1 Å². The third-order valence-electron chi connectivity index (χ3n) is 6.31. The lowest BCUT2D eigenvalue weighted by molar-refractivity contribution is -0.137. The maximum absolute atomic E-state index is 13.5. The van der Waals surface area contributed by atoms with Crippen LogP contribution in [0.15, 0.2) is 53.7 Å². The number of fused-ring (bicyclic) bond motifs is 1. The Morgan fingerprint density at radius 2 is 1.71 bits per heavy atom. The Bertz CT molecular complexity index is 1170. The first kappa shape index (κ1) is 20.0. The number of hydrogen-bond acceptors (Lipinski definition) is 5. The van der Waals surface area contributed by atoms with Crippen LogP contribution in [0.2, 0.25) is 0 Å². The average molecular weight is 435 g/mol. The SMILES string of the molecule is CN1CCN(C2=C(c3cccs3)C(=O)N(CCc3cn(C)c4ccccc34)C2=O)CC1. The topological polar surface area (TPSA) is 48.8 Å². The van der Waals surface area contributed by atoms with Gasteiger partial charge in [0, 0.05) is 61.7 Å². The highest BCUT2D eigenvalue weighted by Crippen LogP contribution is 2.34. The Labute approximate surface area is 186 Å². The molecule has 0 atom stereocenters. The van der Waals surface area contributed by atoms with Crippen LogP contribution < -0.4 is 0 Å². The summed E-state index contributed by atoms with van der Waals surface area (Å²) in [6, 6.07) is 12.1. The molecule has 5 rings (SSSR count). The van der Waals surface area contributed by atoms with Gasteiger partial charge in [-0.25, -0.2) is 0 Å². The maximum Gasteiger partial charge on any atom is 0.277 e. The van der Waals surface area contributed by atoms with E-state index in [1.165, 1.54) is 21.6 Å². The standard InChI is InChI=1S/C24H26N4O2S/c1-25-11-13-27(14-12-25)22-21(20-8-5-15-31-20)23(29)28(24(22)30)10-9-17-16-26(2)19-7-4-3-6-18(17)19/h3-8,15-16H,9-14H2,1-2H3. The van der Waals surface area contributed by atoms with Crippen molar-refractivity contribution in [2.45, 2.75) is 6.42 Å². The number of aryl methyl sites for hydroxylation is 1. The molecule has 0 unspecified atom stereocenters. The van der Waals surface area contributed by atoms with Gasteiger partial charge in [-0.15, -0.1) is 11.3 Å². The zero-order chi connectivity index (χ0) is 21.5. The Balaban J connectivity index is 1.43. The van der Waals surface area contributed by atoms with Crippen molar-refractivity contribution in [2.75, 3.05) is 39.8 Å². The van der Waals surface area contributed by atoms with Crippen molar-refractivity contribution in [2.24, 2.45) is 7.05 Å². The second-order valence-corrected chi connectivity index (χ2v) is 9.23. The summed E-state index contributed by atoms with van der Waals surface area (Å²) in [4.78, 5) is 33.6. The summed E-state index contributed by atoms with van der Waals surface area (Å²) >= 11 is 1.52. The predicted octanol–water partition coefficient (Wildman–Crippen LogP) is 2.81. The van der Waals surface area contributed by atoms with Crippen molar-refractivity contribution < 1.29 is 9.59 Å². The normalized spacial score (nSPS) is 18.1. The quantitative estimate of drug-likeness (QED) is 0.580. The van der Waals surface area contributed by atoms with Crippen LogP contribution in [0.3, 0.4) is 0 Å². The first-order valence-corrected chi connectivity index (χ1v) is 11.5. The third-order valence-corrected chi connectivity index (χ3v) is 7.20. The lowest BCUT2D eigenvalue weighted by Gasteiger charge is -2.34. The first-order valence-electron chi connectivity index (χ1n) is 10.7. The fourth-order valence-electron chi connectivity index (χ4n) is 4.59. The number of amides is 2. The van der Waals surface area contributed by atoms with Gasteiger partial charge in [-0.1, -0.05) is 24.3 Å². The highest BCUT2D eigenvalue weighted by atomic mass is 32.1.